The Bertz CT molecular complexity index is 595. The number of nitrogens with zero attached hydrogens (tertiary/aromatic N) is 1. The molecule has 0 fully saturated rings. The fourth-order valence-electron chi connectivity index (χ4n) is 1.80. The van der Waals surface area contributed by atoms with Crippen molar-refractivity contribution < 1.29 is 9.53 Å². The van der Waals surface area contributed by atoms with Crippen molar-refractivity contribution in [3.05, 3.63) is 22.4 Å². The molecule has 0 bridgehead atoms. The Morgan fingerprint density at radius 1 is 1.41 bits per heavy atom. The number of rotatable bonds is 9. The molecule has 2 aromatic rings. The third kappa shape index (κ3) is 5.40. The molecule has 2 N–H and O–H groups in total. The number of amides is 1. The van der Waals surface area contributed by atoms with Gasteiger partial charge in [-0.05, 0) is 25.5 Å². The quantitative estimate of drug-likeness (QED) is 0.688. The molecule has 0 radical (unpaired) electrons. The highest BCUT2D eigenvalue weighted by Gasteiger charge is 2.07. The van der Waals surface area contributed by atoms with Crippen molar-refractivity contribution in [2.75, 3.05) is 25.1 Å². The SMILES string of the molecule is CCOCCCNc1nc(-c2ccc(CNC(C)=O)s2)cs1. The standard InChI is InChI=1S/C15H21N3O2S2/c1-3-20-8-4-7-16-15-18-13(10-21-15)14-6-5-12(22-14)9-17-11(2)19/h5-6,10H,3-4,7-9H2,1-2H3,(H,16,18)(H,17,19). The second-order valence-corrected chi connectivity index (χ2v) is 6.72. The lowest BCUT2D eigenvalue weighted by Gasteiger charge is -2.02. The molecule has 0 aliphatic rings. The number of aromatic nitrogens is 1. The van der Waals surface area contributed by atoms with Gasteiger partial charge in [0.1, 0.15) is 0 Å². The van der Waals surface area contributed by atoms with Gasteiger partial charge in [-0.2, -0.15) is 0 Å². The maximum Gasteiger partial charge on any atom is 0.217 e. The van der Waals surface area contributed by atoms with Crippen LogP contribution in [-0.2, 0) is 16.1 Å². The van der Waals surface area contributed by atoms with E-state index in [2.05, 4.69) is 27.1 Å². The lowest BCUT2D eigenvalue weighted by Crippen LogP contribution is -2.17. The summed E-state index contributed by atoms with van der Waals surface area (Å²) in [6, 6.07) is 4.08. The molecule has 22 heavy (non-hydrogen) atoms. The van der Waals surface area contributed by atoms with Gasteiger partial charge in [0.15, 0.2) is 5.13 Å². The highest BCUT2D eigenvalue weighted by atomic mass is 32.1. The molecule has 0 saturated carbocycles. The van der Waals surface area contributed by atoms with Crippen LogP contribution < -0.4 is 10.6 Å². The first-order valence-corrected chi connectivity index (χ1v) is 8.99. The van der Waals surface area contributed by atoms with Crippen molar-refractivity contribution in [3.8, 4) is 10.6 Å². The van der Waals surface area contributed by atoms with Crippen LogP contribution in [0.25, 0.3) is 10.6 Å². The van der Waals surface area contributed by atoms with E-state index in [1.807, 2.05) is 13.0 Å². The van der Waals surface area contributed by atoms with Crippen molar-refractivity contribution in [3.63, 3.8) is 0 Å². The number of thiophene rings is 1. The van der Waals surface area contributed by atoms with Crippen LogP contribution in [0.5, 0.6) is 0 Å². The van der Waals surface area contributed by atoms with Crippen molar-refractivity contribution >= 4 is 33.7 Å². The topological polar surface area (TPSA) is 63.2 Å². The predicted molar refractivity (Wildman–Crippen MR) is 92.5 cm³/mol. The first-order chi connectivity index (χ1) is 10.7. The van der Waals surface area contributed by atoms with Gasteiger partial charge in [0.05, 0.1) is 17.1 Å². The molecule has 0 aromatic carbocycles. The molecule has 7 heteroatoms. The van der Waals surface area contributed by atoms with Gasteiger partial charge in [0.2, 0.25) is 5.91 Å². The first-order valence-electron chi connectivity index (χ1n) is 7.29. The van der Waals surface area contributed by atoms with Crippen LogP contribution in [0.2, 0.25) is 0 Å². The summed E-state index contributed by atoms with van der Waals surface area (Å²) in [6.07, 6.45) is 0.975. The van der Waals surface area contributed by atoms with E-state index < -0.39 is 0 Å². The summed E-state index contributed by atoms with van der Waals surface area (Å²) in [5, 5.41) is 9.11. The first kappa shape index (κ1) is 16.9. The Kier molecular flexibility index (Phi) is 6.82. The van der Waals surface area contributed by atoms with Gasteiger partial charge in [0, 0.05) is 36.9 Å². The van der Waals surface area contributed by atoms with E-state index in [0.29, 0.717) is 6.54 Å². The molecule has 0 spiro atoms. The number of ether oxygens (including phenoxy) is 1. The zero-order valence-corrected chi connectivity index (χ0v) is 14.5. The summed E-state index contributed by atoms with van der Waals surface area (Å²) < 4.78 is 5.30. The number of anilines is 1. The Morgan fingerprint density at radius 2 is 2.27 bits per heavy atom. The highest BCUT2D eigenvalue weighted by Crippen LogP contribution is 2.30. The Balaban J connectivity index is 1.84. The molecule has 0 atom stereocenters. The summed E-state index contributed by atoms with van der Waals surface area (Å²) in [7, 11) is 0. The smallest absolute Gasteiger partial charge is 0.217 e. The number of hydrogen-bond donors (Lipinski definition) is 2. The van der Waals surface area contributed by atoms with Crippen LogP contribution in [0.1, 0.15) is 25.1 Å². The molecule has 0 unspecified atom stereocenters. The van der Waals surface area contributed by atoms with Crippen LogP contribution in [0, 0.1) is 0 Å². The molecule has 5 nitrogen and oxygen atoms in total. The molecule has 2 heterocycles. The molecule has 2 rings (SSSR count). The van der Waals surface area contributed by atoms with Crippen LogP contribution in [0.3, 0.4) is 0 Å². The molecule has 0 aliphatic heterocycles. The normalized spacial score (nSPS) is 10.6. The molecule has 1 amide bonds. The van der Waals surface area contributed by atoms with Crippen LogP contribution in [-0.4, -0.2) is 30.6 Å². The van der Waals surface area contributed by atoms with Crippen molar-refractivity contribution in [2.24, 2.45) is 0 Å². The molecular formula is C15H21N3O2S2. The van der Waals surface area contributed by atoms with Crippen LogP contribution in [0.15, 0.2) is 17.5 Å². The van der Waals surface area contributed by atoms with E-state index >= 15 is 0 Å². The third-order valence-corrected chi connectivity index (χ3v) is 4.78. The number of thiazole rings is 1. The van der Waals surface area contributed by atoms with E-state index in [4.69, 9.17) is 4.74 Å². The van der Waals surface area contributed by atoms with Crippen molar-refractivity contribution in [2.45, 2.75) is 26.8 Å². The summed E-state index contributed by atoms with van der Waals surface area (Å²) in [6.45, 7) is 6.51. The van der Waals surface area contributed by atoms with Gasteiger partial charge in [-0.1, -0.05) is 0 Å². The summed E-state index contributed by atoms with van der Waals surface area (Å²) >= 11 is 3.27. The van der Waals surface area contributed by atoms with E-state index in [1.54, 1.807) is 22.7 Å². The van der Waals surface area contributed by atoms with E-state index in [-0.39, 0.29) is 5.91 Å². The lowest BCUT2D eigenvalue weighted by molar-refractivity contribution is -0.119. The summed E-state index contributed by atoms with van der Waals surface area (Å²) in [4.78, 5) is 17.8. The number of carbonyl (C=O) groups excluding carboxylic acids is 1. The number of hydrogen-bond acceptors (Lipinski definition) is 6. The van der Waals surface area contributed by atoms with E-state index in [9.17, 15) is 4.79 Å². The average molecular weight is 339 g/mol. The number of nitrogens with one attached hydrogen (secondary N) is 2. The zero-order chi connectivity index (χ0) is 15.8. The molecule has 0 saturated heterocycles. The predicted octanol–water partition coefficient (Wildman–Crippen LogP) is 3.35. The van der Waals surface area contributed by atoms with E-state index in [0.717, 1.165) is 46.8 Å². The van der Waals surface area contributed by atoms with E-state index in [1.165, 1.54) is 6.92 Å². The minimum absolute atomic E-state index is 0.0119. The fraction of sp³-hybridized carbons (Fsp3) is 0.467. The van der Waals surface area contributed by atoms with Gasteiger partial charge in [-0.25, -0.2) is 4.98 Å². The summed E-state index contributed by atoms with van der Waals surface area (Å²) in [5.41, 5.74) is 0.983. The Morgan fingerprint density at radius 3 is 3.05 bits per heavy atom. The Labute approximate surface area is 138 Å². The van der Waals surface area contributed by atoms with Gasteiger partial charge >= 0.3 is 0 Å². The number of carbonyl (C=O) groups is 1. The average Bonchev–Trinajstić information content (AvgIpc) is 3.14. The monoisotopic (exact) mass is 339 g/mol. The second-order valence-electron chi connectivity index (χ2n) is 4.69. The molecule has 120 valence electrons. The maximum atomic E-state index is 10.9. The fourth-order valence-corrected chi connectivity index (χ4v) is 3.53. The van der Waals surface area contributed by atoms with Gasteiger partial charge in [-0.3, -0.25) is 4.79 Å². The van der Waals surface area contributed by atoms with Gasteiger partial charge in [0.25, 0.3) is 0 Å². The van der Waals surface area contributed by atoms with Crippen LogP contribution in [0.4, 0.5) is 5.13 Å². The molecule has 2 aromatic heterocycles. The minimum atomic E-state index is -0.0119. The minimum Gasteiger partial charge on any atom is -0.382 e. The maximum absolute atomic E-state index is 10.9. The van der Waals surface area contributed by atoms with Crippen molar-refractivity contribution in [1.29, 1.82) is 0 Å². The van der Waals surface area contributed by atoms with Gasteiger partial charge in [-0.15, -0.1) is 22.7 Å². The van der Waals surface area contributed by atoms with Crippen molar-refractivity contribution in [1.82, 2.24) is 10.3 Å². The molecular weight excluding hydrogens is 318 g/mol. The Hall–Kier alpha value is -1.44. The largest absolute Gasteiger partial charge is 0.382 e. The third-order valence-electron chi connectivity index (χ3n) is 2.88. The van der Waals surface area contributed by atoms with Crippen LogP contribution >= 0.6 is 22.7 Å². The van der Waals surface area contributed by atoms with Gasteiger partial charge < -0.3 is 15.4 Å². The zero-order valence-electron chi connectivity index (χ0n) is 12.8. The lowest BCUT2D eigenvalue weighted by atomic mass is 10.3. The molecule has 0 aliphatic carbocycles. The summed E-state index contributed by atoms with van der Waals surface area (Å²) in [5.74, 6) is -0.0119. The second kappa shape index (κ2) is 8.87. The highest BCUT2D eigenvalue weighted by molar-refractivity contribution is 7.17.